The lowest BCUT2D eigenvalue weighted by molar-refractivity contribution is 0.466. The van der Waals surface area contributed by atoms with Crippen LogP contribution in [0.5, 0.6) is 0 Å². The van der Waals surface area contributed by atoms with Crippen molar-refractivity contribution in [2.75, 3.05) is 25.3 Å². The lowest BCUT2D eigenvalue weighted by Gasteiger charge is -2.12. The second-order valence-electron chi connectivity index (χ2n) is 3.52. The number of benzene rings is 1. The fourth-order valence-corrected chi connectivity index (χ4v) is 1.61. The number of hydrogen-bond acceptors (Lipinski definition) is 5. The number of nitrogens with zero attached hydrogens (tertiary/aromatic N) is 3. The molecule has 0 saturated carbocycles. The molecule has 2 rings (SSSR count). The van der Waals surface area contributed by atoms with Crippen LogP contribution in [0.25, 0.3) is 11.5 Å². The van der Waals surface area contributed by atoms with Crippen molar-refractivity contribution in [2.45, 2.75) is 5.22 Å². The molecule has 0 saturated heterocycles. The van der Waals surface area contributed by atoms with Gasteiger partial charge in [0.2, 0.25) is 5.89 Å². The summed E-state index contributed by atoms with van der Waals surface area (Å²) < 4.78 is 5.48. The van der Waals surface area contributed by atoms with Crippen LogP contribution in [0.2, 0.25) is 0 Å². The third kappa shape index (κ3) is 2.19. The second kappa shape index (κ2) is 4.57. The van der Waals surface area contributed by atoms with Crippen LogP contribution in [-0.4, -0.2) is 30.5 Å². The molecule has 0 aliphatic carbocycles. The lowest BCUT2D eigenvalue weighted by Crippen LogP contribution is -2.08. The van der Waals surface area contributed by atoms with E-state index in [4.69, 9.17) is 4.42 Å². The van der Waals surface area contributed by atoms with E-state index in [0.717, 1.165) is 11.3 Å². The predicted molar refractivity (Wildman–Crippen MR) is 65.8 cm³/mol. The molecule has 4 nitrogen and oxygen atoms in total. The largest absolute Gasteiger partial charge is 0.411 e. The van der Waals surface area contributed by atoms with E-state index in [1.54, 1.807) is 0 Å². The van der Waals surface area contributed by atoms with Crippen molar-refractivity contribution in [3.63, 3.8) is 0 Å². The minimum Gasteiger partial charge on any atom is -0.411 e. The van der Waals surface area contributed by atoms with E-state index in [1.807, 2.05) is 49.5 Å². The van der Waals surface area contributed by atoms with Gasteiger partial charge in [-0.05, 0) is 24.5 Å². The molecule has 0 unspecified atom stereocenters. The molecule has 1 heterocycles. The quantitative estimate of drug-likeness (QED) is 0.765. The van der Waals surface area contributed by atoms with Crippen LogP contribution in [-0.2, 0) is 0 Å². The molecule has 0 aliphatic heterocycles. The number of aromatic nitrogens is 2. The molecule has 0 bridgehead atoms. The molecule has 0 atom stereocenters. The molecule has 0 aliphatic rings. The number of anilines is 1. The third-order valence-electron chi connectivity index (χ3n) is 2.19. The molecule has 1 aromatic heterocycles. The number of hydrogen-bond donors (Lipinski definition) is 0. The molecule has 0 N–H and O–H groups in total. The number of thioether (sulfide) groups is 1. The summed E-state index contributed by atoms with van der Waals surface area (Å²) >= 11 is 1.44. The Hall–Kier alpha value is -1.49. The van der Waals surface area contributed by atoms with E-state index >= 15 is 0 Å². The molecule has 16 heavy (non-hydrogen) atoms. The Morgan fingerprint density at radius 1 is 1.25 bits per heavy atom. The first-order valence-electron chi connectivity index (χ1n) is 4.86. The molecule has 0 fully saturated rings. The lowest BCUT2D eigenvalue weighted by atomic mass is 10.2. The van der Waals surface area contributed by atoms with E-state index < -0.39 is 0 Å². The fourth-order valence-electron chi connectivity index (χ4n) is 1.33. The number of rotatable bonds is 3. The van der Waals surface area contributed by atoms with Crippen LogP contribution in [0.1, 0.15) is 0 Å². The Morgan fingerprint density at radius 2 is 2.06 bits per heavy atom. The summed E-state index contributed by atoms with van der Waals surface area (Å²) in [4.78, 5) is 2.04. The molecule has 0 spiro atoms. The van der Waals surface area contributed by atoms with Crippen molar-refractivity contribution in [1.29, 1.82) is 0 Å². The van der Waals surface area contributed by atoms with Crippen LogP contribution < -0.4 is 4.90 Å². The fraction of sp³-hybridized carbons (Fsp3) is 0.273. The first kappa shape index (κ1) is 11.0. The summed E-state index contributed by atoms with van der Waals surface area (Å²) in [5.41, 5.74) is 2.06. The normalized spacial score (nSPS) is 10.4. The van der Waals surface area contributed by atoms with Gasteiger partial charge in [-0.2, -0.15) is 0 Å². The van der Waals surface area contributed by atoms with Crippen LogP contribution in [0, 0.1) is 0 Å². The Morgan fingerprint density at radius 3 is 2.69 bits per heavy atom. The Balaban J connectivity index is 2.36. The molecule has 0 radical (unpaired) electrons. The maximum absolute atomic E-state index is 5.48. The van der Waals surface area contributed by atoms with Gasteiger partial charge in [0.1, 0.15) is 0 Å². The highest BCUT2D eigenvalue weighted by Crippen LogP contribution is 2.24. The molecule has 5 heteroatoms. The highest BCUT2D eigenvalue weighted by Gasteiger charge is 2.08. The van der Waals surface area contributed by atoms with E-state index in [2.05, 4.69) is 10.2 Å². The average molecular weight is 235 g/mol. The summed E-state index contributed by atoms with van der Waals surface area (Å²) in [7, 11) is 4.00. The summed E-state index contributed by atoms with van der Waals surface area (Å²) in [6.45, 7) is 0. The SMILES string of the molecule is CSc1nnc(-c2cccc(N(C)C)c2)o1. The molecule has 2 aromatic rings. The summed E-state index contributed by atoms with van der Waals surface area (Å²) in [6, 6.07) is 8.01. The Bertz CT molecular complexity index is 482. The van der Waals surface area contributed by atoms with Crippen molar-refractivity contribution in [1.82, 2.24) is 10.2 Å². The van der Waals surface area contributed by atoms with Gasteiger partial charge in [0.15, 0.2) is 0 Å². The Kier molecular flexibility index (Phi) is 3.14. The highest BCUT2D eigenvalue weighted by molar-refractivity contribution is 7.98. The monoisotopic (exact) mass is 235 g/mol. The predicted octanol–water partition coefficient (Wildman–Crippen LogP) is 2.52. The Labute approximate surface area is 98.7 Å². The van der Waals surface area contributed by atoms with E-state index in [-0.39, 0.29) is 0 Å². The van der Waals surface area contributed by atoms with Crippen LogP contribution in [0.4, 0.5) is 5.69 Å². The van der Waals surface area contributed by atoms with Crippen LogP contribution in [0.3, 0.4) is 0 Å². The zero-order chi connectivity index (χ0) is 11.5. The van der Waals surface area contributed by atoms with Crippen LogP contribution >= 0.6 is 11.8 Å². The summed E-state index contributed by atoms with van der Waals surface area (Å²) in [5.74, 6) is 0.563. The minimum atomic E-state index is 0.563. The third-order valence-corrected chi connectivity index (χ3v) is 2.70. The standard InChI is InChI=1S/C11H13N3OS/c1-14(2)9-6-4-5-8(7-9)10-12-13-11(15-10)16-3/h4-7H,1-3H3. The van der Waals surface area contributed by atoms with Gasteiger partial charge < -0.3 is 9.32 Å². The minimum absolute atomic E-state index is 0.563. The van der Waals surface area contributed by atoms with Crippen molar-refractivity contribution >= 4 is 17.4 Å². The first-order chi connectivity index (χ1) is 7.70. The second-order valence-corrected chi connectivity index (χ2v) is 4.28. The average Bonchev–Trinajstić information content (AvgIpc) is 2.77. The topological polar surface area (TPSA) is 42.2 Å². The van der Waals surface area contributed by atoms with Gasteiger partial charge in [-0.15, -0.1) is 10.2 Å². The maximum atomic E-state index is 5.48. The van der Waals surface area contributed by atoms with Crippen molar-refractivity contribution in [2.24, 2.45) is 0 Å². The summed E-state index contributed by atoms with van der Waals surface area (Å²) in [5, 5.41) is 8.51. The van der Waals surface area contributed by atoms with Gasteiger partial charge >= 0.3 is 0 Å². The zero-order valence-electron chi connectivity index (χ0n) is 9.47. The highest BCUT2D eigenvalue weighted by atomic mass is 32.2. The van der Waals surface area contributed by atoms with Gasteiger partial charge in [-0.25, -0.2) is 0 Å². The zero-order valence-corrected chi connectivity index (χ0v) is 10.3. The molecule has 84 valence electrons. The van der Waals surface area contributed by atoms with Crippen LogP contribution in [0.15, 0.2) is 33.9 Å². The van der Waals surface area contributed by atoms with Gasteiger partial charge in [0.05, 0.1) is 0 Å². The summed E-state index contributed by atoms with van der Waals surface area (Å²) in [6.07, 6.45) is 1.91. The van der Waals surface area contributed by atoms with Crippen molar-refractivity contribution in [3.8, 4) is 11.5 Å². The molecular formula is C11H13N3OS. The van der Waals surface area contributed by atoms with E-state index in [9.17, 15) is 0 Å². The molecular weight excluding hydrogens is 222 g/mol. The van der Waals surface area contributed by atoms with E-state index in [0.29, 0.717) is 11.1 Å². The van der Waals surface area contributed by atoms with Gasteiger partial charge in [-0.1, -0.05) is 17.8 Å². The molecule has 1 aromatic carbocycles. The maximum Gasteiger partial charge on any atom is 0.276 e. The van der Waals surface area contributed by atoms with Crippen molar-refractivity contribution < 1.29 is 4.42 Å². The first-order valence-corrected chi connectivity index (χ1v) is 6.08. The van der Waals surface area contributed by atoms with Crippen molar-refractivity contribution in [3.05, 3.63) is 24.3 Å². The van der Waals surface area contributed by atoms with E-state index in [1.165, 1.54) is 11.8 Å². The molecule has 0 amide bonds. The van der Waals surface area contributed by atoms with Gasteiger partial charge in [-0.3, -0.25) is 0 Å². The van der Waals surface area contributed by atoms with Gasteiger partial charge in [0.25, 0.3) is 5.22 Å². The van der Waals surface area contributed by atoms with Gasteiger partial charge in [0, 0.05) is 25.3 Å². The smallest absolute Gasteiger partial charge is 0.276 e.